The molecule has 106 valence electrons. The van der Waals surface area contributed by atoms with Crippen LogP contribution in [0.4, 0.5) is 0 Å². The number of hydrogen-bond acceptors (Lipinski definition) is 4. The summed E-state index contributed by atoms with van der Waals surface area (Å²) in [6.07, 6.45) is 4.86. The molecule has 0 aliphatic heterocycles. The second kappa shape index (κ2) is 11.1. The fraction of sp³-hybridized carbons (Fsp3) is 0.857. The third kappa shape index (κ3) is 9.02. The van der Waals surface area contributed by atoms with Gasteiger partial charge in [-0.1, -0.05) is 27.2 Å². The Kier molecular flexibility index (Phi) is 10.4. The summed E-state index contributed by atoms with van der Waals surface area (Å²) in [7, 11) is 0. The first-order valence-electron chi connectivity index (χ1n) is 6.99. The van der Waals surface area contributed by atoms with Crippen molar-refractivity contribution in [2.45, 2.75) is 71.8 Å². The molecule has 0 radical (unpaired) electrons. The lowest BCUT2D eigenvalue weighted by Crippen LogP contribution is -2.25. The van der Waals surface area contributed by atoms with E-state index in [1.807, 2.05) is 13.8 Å². The SMILES string of the molecule is CCCCC(COC(=O)CCC)OC(=O)CCC. The van der Waals surface area contributed by atoms with Crippen LogP contribution in [-0.4, -0.2) is 24.6 Å². The van der Waals surface area contributed by atoms with Crippen LogP contribution < -0.4 is 0 Å². The van der Waals surface area contributed by atoms with Gasteiger partial charge in [0.2, 0.25) is 0 Å². The van der Waals surface area contributed by atoms with Crippen LogP contribution in [0.3, 0.4) is 0 Å². The summed E-state index contributed by atoms with van der Waals surface area (Å²) < 4.78 is 10.4. The molecule has 4 heteroatoms. The van der Waals surface area contributed by atoms with Crippen molar-refractivity contribution in [3.63, 3.8) is 0 Å². The summed E-state index contributed by atoms with van der Waals surface area (Å²) in [4.78, 5) is 22.7. The van der Waals surface area contributed by atoms with Crippen LogP contribution in [0.15, 0.2) is 0 Å². The second-order valence-electron chi connectivity index (χ2n) is 4.44. The van der Waals surface area contributed by atoms with Crippen LogP contribution in [0.25, 0.3) is 0 Å². The summed E-state index contributed by atoms with van der Waals surface area (Å²) in [5.41, 5.74) is 0. The molecule has 1 unspecified atom stereocenters. The quantitative estimate of drug-likeness (QED) is 0.564. The highest BCUT2D eigenvalue weighted by atomic mass is 16.6. The summed E-state index contributed by atoms with van der Waals surface area (Å²) in [5, 5.41) is 0. The number of ether oxygens (including phenoxy) is 2. The van der Waals surface area contributed by atoms with Crippen LogP contribution in [0.1, 0.15) is 65.7 Å². The van der Waals surface area contributed by atoms with Crippen molar-refractivity contribution in [2.24, 2.45) is 0 Å². The zero-order valence-corrected chi connectivity index (χ0v) is 11.9. The molecule has 0 heterocycles. The lowest BCUT2D eigenvalue weighted by molar-refractivity contribution is -0.159. The number of carbonyl (C=O) groups is 2. The molecule has 0 fully saturated rings. The van der Waals surface area contributed by atoms with Crippen molar-refractivity contribution in [3.8, 4) is 0 Å². The summed E-state index contributed by atoms with van der Waals surface area (Å²) >= 11 is 0. The molecule has 18 heavy (non-hydrogen) atoms. The zero-order chi connectivity index (χ0) is 13.8. The molecule has 0 amide bonds. The number of unbranched alkanes of at least 4 members (excludes halogenated alkanes) is 1. The Morgan fingerprint density at radius 3 is 2.11 bits per heavy atom. The van der Waals surface area contributed by atoms with Crippen LogP contribution in [0, 0.1) is 0 Å². The maximum atomic E-state index is 11.4. The van der Waals surface area contributed by atoms with Gasteiger partial charge in [0.25, 0.3) is 0 Å². The molecule has 0 saturated carbocycles. The number of carbonyl (C=O) groups excluding carboxylic acids is 2. The first kappa shape index (κ1) is 16.9. The monoisotopic (exact) mass is 258 g/mol. The van der Waals surface area contributed by atoms with Gasteiger partial charge in [0.15, 0.2) is 0 Å². The maximum Gasteiger partial charge on any atom is 0.306 e. The average Bonchev–Trinajstić information content (AvgIpc) is 2.33. The van der Waals surface area contributed by atoms with Gasteiger partial charge in [0.05, 0.1) is 0 Å². The molecule has 0 aliphatic rings. The maximum absolute atomic E-state index is 11.4. The van der Waals surface area contributed by atoms with Gasteiger partial charge >= 0.3 is 11.9 Å². The largest absolute Gasteiger partial charge is 0.462 e. The topological polar surface area (TPSA) is 52.6 Å². The molecule has 0 aromatic heterocycles. The van der Waals surface area contributed by atoms with E-state index in [4.69, 9.17) is 9.47 Å². The molecule has 0 aromatic rings. The fourth-order valence-corrected chi connectivity index (χ4v) is 1.52. The molecule has 0 N–H and O–H groups in total. The molecule has 0 rings (SSSR count). The van der Waals surface area contributed by atoms with Gasteiger partial charge in [0.1, 0.15) is 12.7 Å². The molecule has 0 aliphatic carbocycles. The summed E-state index contributed by atoms with van der Waals surface area (Å²) in [6.45, 7) is 6.13. The number of rotatable bonds is 10. The molecule has 0 bridgehead atoms. The van der Waals surface area contributed by atoms with Crippen molar-refractivity contribution >= 4 is 11.9 Å². The van der Waals surface area contributed by atoms with E-state index >= 15 is 0 Å². The van der Waals surface area contributed by atoms with Crippen molar-refractivity contribution in [1.29, 1.82) is 0 Å². The highest BCUT2D eigenvalue weighted by Gasteiger charge is 2.15. The van der Waals surface area contributed by atoms with Crippen LogP contribution in [-0.2, 0) is 19.1 Å². The molecule has 0 spiro atoms. The van der Waals surface area contributed by atoms with Gasteiger partial charge < -0.3 is 9.47 Å². The molecular weight excluding hydrogens is 232 g/mol. The zero-order valence-electron chi connectivity index (χ0n) is 11.9. The van der Waals surface area contributed by atoms with Gasteiger partial charge in [0, 0.05) is 12.8 Å². The van der Waals surface area contributed by atoms with E-state index in [1.165, 1.54) is 0 Å². The predicted octanol–water partition coefficient (Wildman–Crippen LogP) is 3.23. The minimum absolute atomic E-state index is 0.189. The van der Waals surface area contributed by atoms with E-state index < -0.39 is 0 Å². The first-order chi connectivity index (χ1) is 8.63. The molecule has 4 nitrogen and oxygen atoms in total. The molecule has 0 saturated heterocycles. The Morgan fingerprint density at radius 2 is 1.56 bits per heavy atom. The Balaban J connectivity index is 4.05. The van der Waals surface area contributed by atoms with Crippen LogP contribution in [0.2, 0.25) is 0 Å². The van der Waals surface area contributed by atoms with Crippen molar-refractivity contribution in [3.05, 3.63) is 0 Å². The fourth-order valence-electron chi connectivity index (χ4n) is 1.52. The Morgan fingerprint density at radius 1 is 0.944 bits per heavy atom. The lowest BCUT2D eigenvalue weighted by atomic mass is 10.1. The van der Waals surface area contributed by atoms with Gasteiger partial charge in [-0.15, -0.1) is 0 Å². The van der Waals surface area contributed by atoms with Gasteiger partial charge in [-0.25, -0.2) is 0 Å². The normalized spacial score (nSPS) is 11.9. The Labute approximate surface area is 110 Å². The third-order valence-electron chi connectivity index (χ3n) is 2.52. The number of esters is 2. The van der Waals surface area contributed by atoms with Crippen LogP contribution in [0.5, 0.6) is 0 Å². The van der Waals surface area contributed by atoms with Crippen molar-refractivity contribution < 1.29 is 19.1 Å². The van der Waals surface area contributed by atoms with E-state index in [0.29, 0.717) is 12.8 Å². The van der Waals surface area contributed by atoms with Crippen molar-refractivity contribution in [2.75, 3.05) is 6.61 Å². The average molecular weight is 258 g/mol. The first-order valence-corrected chi connectivity index (χ1v) is 6.99. The van der Waals surface area contributed by atoms with Crippen LogP contribution >= 0.6 is 0 Å². The molecular formula is C14H26O4. The lowest BCUT2D eigenvalue weighted by Gasteiger charge is -2.17. The van der Waals surface area contributed by atoms with E-state index in [9.17, 15) is 9.59 Å². The predicted molar refractivity (Wildman–Crippen MR) is 70.2 cm³/mol. The van der Waals surface area contributed by atoms with Gasteiger partial charge in [-0.05, 0) is 25.7 Å². The molecule has 0 aromatic carbocycles. The highest BCUT2D eigenvalue weighted by Crippen LogP contribution is 2.08. The standard InChI is InChI=1S/C14H26O4/c1-4-7-10-12(18-14(16)9-6-3)11-17-13(15)8-5-2/h12H,4-11H2,1-3H3. The number of hydrogen-bond donors (Lipinski definition) is 0. The van der Waals surface area contributed by atoms with E-state index in [-0.39, 0.29) is 24.6 Å². The van der Waals surface area contributed by atoms with Gasteiger partial charge in [-0.3, -0.25) is 9.59 Å². The highest BCUT2D eigenvalue weighted by molar-refractivity contribution is 5.70. The Hall–Kier alpha value is -1.06. The second-order valence-corrected chi connectivity index (χ2v) is 4.44. The summed E-state index contributed by atoms with van der Waals surface area (Å²) in [5.74, 6) is -0.421. The minimum atomic E-state index is -0.287. The molecule has 1 atom stereocenters. The van der Waals surface area contributed by atoms with Crippen molar-refractivity contribution in [1.82, 2.24) is 0 Å². The minimum Gasteiger partial charge on any atom is -0.462 e. The smallest absolute Gasteiger partial charge is 0.306 e. The van der Waals surface area contributed by atoms with Gasteiger partial charge in [-0.2, -0.15) is 0 Å². The van der Waals surface area contributed by atoms with E-state index in [1.54, 1.807) is 0 Å². The van der Waals surface area contributed by atoms with E-state index in [2.05, 4.69) is 6.92 Å². The van der Waals surface area contributed by atoms with E-state index in [0.717, 1.165) is 32.1 Å². The Bertz CT molecular complexity index is 238. The third-order valence-corrected chi connectivity index (χ3v) is 2.52. The summed E-state index contributed by atoms with van der Waals surface area (Å²) in [6, 6.07) is 0.